The van der Waals surface area contributed by atoms with Gasteiger partial charge in [-0.25, -0.2) is 0 Å². The first kappa shape index (κ1) is 9.67. The van der Waals surface area contributed by atoms with Crippen molar-refractivity contribution in [3.05, 3.63) is 34.3 Å². The standard InChI is InChI=1S/C8H10BrNO2/c9-7-4-2-1-3-6(7)8(5-11)10-12/h1-4,8,10-12H,5H2/t8-/m0/s1. The van der Waals surface area contributed by atoms with Crippen molar-refractivity contribution in [2.75, 3.05) is 6.61 Å². The van der Waals surface area contributed by atoms with E-state index in [1.807, 2.05) is 29.7 Å². The molecule has 0 fully saturated rings. The Hall–Kier alpha value is -0.420. The summed E-state index contributed by atoms with van der Waals surface area (Å²) in [5.74, 6) is 0. The zero-order valence-corrected chi connectivity index (χ0v) is 7.95. The number of benzene rings is 1. The van der Waals surface area contributed by atoms with Crippen LogP contribution in [0.15, 0.2) is 28.7 Å². The van der Waals surface area contributed by atoms with Crippen LogP contribution in [-0.4, -0.2) is 16.9 Å². The fourth-order valence-corrected chi connectivity index (χ4v) is 1.53. The van der Waals surface area contributed by atoms with Crippen LogP contribution in [0.4, 0.5) is 0 Å². The van der Waals surface area contributed by atoms with E-state index in [9.17, 15) is 0 Å². The Labute approximate surface area is 79.1 Å². The van der Waals surface area contributed by atoms with Crippen LogP contribution in [0.3, 0.4) is 0 Å². The molecule has 12 heavy (non-hydrogen) atoms. The molecule has 0 heterocycles. The summed E-state index contributed by atoms with van der Waals surface area (Å²) in [6.45, 7) is -0.140. The first-order valence-electron chi connectivity index (χ1n) is 3.54. The summed E-state index contributed by atoms with van der Waals surface area (Å²) >= 11 is 3.32. The van der Waals surface area contributed by atoms with E-state index in [0.29, 0.717) is 0 Å². The summed E-state index contributed by atoms with van der Waals surface area (Å²) in [6, 6.07) is 6.98. The molecule has 0 aliphatic heterocycles. The molecule has 3 N–H and O–H groups in total. The zero-order chi connectivity index (χ0) is 8.97. The number of aliphatic hydroxyl groups excluding tert-OH is 1. The summed E-state index contributed by atoms with van der Waals surface area (Å²) in [4.78, 5) is 0. The lowest BCUT2D eigenvalue weighted by atomic mass is 10.1. The fourth-order valence-electron chi connectivity index (χ4n) is 0.966. The minimum atomic E-state index is -0.430. The van der Waals surface area contributed by atoms with Crippen LogP contribution < -0.4 is 5.48 Å². The Morgan fingerprint density at radius 3 is 2.58 bits per heavy atom. The Balaban J connectivity index is 2.92. The predicted octanol–water partition coefficient (Wildman–Crippen LogP) is 1.46. The summed E-state index contributed by atoms with van der Waals surface area (Å²) < 4.78 is 0.866. The molecule has 1 aromatic carbocycles. The Morgan fingerprint density at radius 2 is 2.08 bits per heavy atom. The van der Waals surface area contributed by atoms with Gasteiger partial charge in [0.05, 0.1) is 12.6 Å². The van der Waals surface area contributed by atoms with Gasteiger partial charge in [-0.05, 0) is 11.6 Å². The molecule has 4 heteroatoms. The average molecular weight is 232 g/mol. The van der Waals surface area contributed by atoms with Gasteiger partial charge >= 0.3 is 0 Å². The van der Waals surface area contributed by atoms with E-state index in [1.54, 1.807) is 0 Å². The van der Waals surface area contributed by atoms with Gasteiger partial charge in [-0.2, -0.15) is 5.48 Å². The number of aliphatic hydroxyl groups is 1. The number of hydrogen-bond donors (Lipinski definition) is 3. The second kappa shape index (κ2) is 4.57. The number of hydrogen-bond acceptors (Lipinski definition) is 3. The van der Waals surface area contributed by atoms with Gasteiger partial charge in [0, 0.05) is 4.47 Å². The minimum absolute atomic E-state index is 0.140. The molecule has 0 spiro atoms. The maximum atomic E-state index is 8.86. The maximum Gasteiger partial charge on any atom is 0.0810 e. The third-order valence-electron chi connectivity index (χ3n) is 1.62. The smallest absolute Gasteiger partial charge is 0.0810 e. The van der Waals surface area contributed by atoms with E-state index in [2.05, 4.69) is 15.9 Å². The van der Waals surface area contributed by atoms with Crippen molar-refractivity contribution in [2.24, 2.45) is 0 Å². The molecule has 0 bridgehead atoms. The van der Waals surface area contributed by atoms with E-state index in [1.165, 1.54) is 0 Å². The molecule has 0 aromatic heterocycles. The van der Waals surface area contributed by atoms with Crippen molar-refractivity contribution in [1.82, 2.24) is 5.48 Å². The highest BCUT2D eigenvalue weighted by molar-refractivity contribution is 9.10. The SMILES string of the molecule is OC[C@H](NO)c1ccccc1Br. The van der Waals surface area contributed by atoms with Crippen LogP contribution in [0.25, 0.3) is 0 Å². The van der Waals surface area contributed by atoms with E-state index >= 15 is 0 Å². The van der Waals surface area contributed by atoms with Crippen molar-refractivity contribution in [3.8, 4) is 0 Å². The van der Waals surface area contributed by atoms with Crippen LogP contribution >= 0.6 is 15.9 Å². The quantitative estimate of drug-likeness (QED) is 0.691. The van der Waals surface area contributed by atoms with Crippen LogP contribution in [0.1, 0.15) is 11.6 Å². The molecule has 0 saturated carbocycles. The fraction of sp³-hybridized carbons (Fsp3) is 0.250. The highest BCUT2D eigenvalue weighted by Crippen LogP contribution is 2.22. The highest BCUT2D eigenvalue weighted by Gasteiger charge is 2.10. The molecule has 0 unspecified atom stereocenters. The van der Waals surface area contributed by atoms with Gasteiger partial charge in [0.1, 0.15) is 0 Å². The van der Waals surface area contributed by atoms with Crippen molar-refractivity contribution in [2.45, 2.75) is 6.04 Å². The molecular formula is C8H10BrNO2. The Bertz CT molecular complexity index is 251. The Morgan fingerprint density at radius 1 is 1.42 bits per heavy atom. The Kier molecular flexibility index (Phi) is 3.68. The predicted molar refractivity (Wildman–Crippen MR) is 48.9 cm³/mol. The normalized spacial score (nSPS) is 12.9. The monoisotopic (exact) mass is 231 g/mol. The van der Waals surface area contributed by atoms with Crippen LogP contribution in [0, 0.1) is 0 Å². The van der Waals surface area contributed by atoms with Crippen LogP contribution in [0.2, 0.25) is 0 Å². The third-order valence-corrected chi connectivity index (χ3v) is 2.34. The van der Waals surface area contributed by atoms with Gasteiger partial charge in [-0.15, -0.1) is 0 Å². The minimum Gasteiger partial charge on any atom is -0.394 e. The molecule has 1 atom stereocenters. The van der Waals surface area contributed by atoms with Crippen molar-refractivity contribution >= 4 is 15.9 Å². The topological polar surface area (TPSA) is 52.5 Å². The molecule has 0 radical (unpaired) electrons. The van der Waals surface area contributed by atoms with E-state index in [0.717, 1.165) is 10.0 Å². The summed E-state index contributed by atoms with van der Waals surface area (Å²) in [7, 11) is 0. The summed E-state index contributed by atoms with van der Waals surface area (Å²) in [6.07, 6.45) is 0. The van der Waals surface area contributed by atoms with Crippen molar-refractivity contribution in [1.29, 1.82) is 0 Å². The molecule has 0 aliphatic carbocycles. The first-order valence-corrected chi connectivity index (χ1v) is 4.33. The van der Waals surface area contributed by atoms with Gasteiger partial charge in [-0.1, -0.05) is 34.1 Å². The van der Waals surface area contributed by atoms with E-state index in [-0.39, 0.29) is 6.61 Å². The third kappa shape index (κ3) is 2.04. The second-order valence-electron chi connectivity index (χ2n) is 2.39. The molecule has 1 rings (SSSR count). The second-order valence-corrected chi connectivity index (χ2v) is 3.24. The molecule has 3 nitrogen and oxygen atoms in total. The number of rotatable bonds is 3. The highest BCUT2D eigenvalue weighted by atomic mass is 79.9. The summed E-state index contributed by atoms with van der Waals surface area (Å²) in [5, 5.41) is 17.5. The molecule has 0 saturated heterocycles. The number of hydroxylamine groups is 1. The largest absolute Gasteiger partial charge is 0.394 e. The molecule has 66 valence electrons. The lowest BCUT2D eigenvalue weighted by molar-refractivity contribution is 0.0903. The number of halogens is 1. The molecule has 0 aliphatic rings. The zero-order valence-electron chi connectivity index (χ0n) is 6.37. The van der Waals surface area contributed by atoms with Crippen molar-refractivity contribution in [3.63, 3.8) is 0 Å². The lowest BCUT2D eigenvalue weighted by Crippen LogP contribution is -2.20. The van der Waals surface area contributed by atoms with Gasteiger partial charge in [-0.3, -0.25) is 0 Å². The van der Waals surface area contributed by atoms with E-state index < -0.39 is 6.04 Å². The first-order chi connectivity index (χ1) is 5.79. The number of nitrogens with one attached hydrogen (secondary N) is 1. The maximum absolute atomic E-state index is 8.86. The van der Waals surface area contributed by atoms with Gasteiger partial charge in [0.25, 0.3) is 0 Å². The van der Waals surface area contributed by atoms with E-state index in [4.69, 9.17) is 10.3 Å². The van der Waals surface area contributed by atoms with Crippen molar-refractivity contribution < 1.29 is 10.3 Å². The molecular weight excluding hydrogens is 222 g/mol. The van der Waals surface area contributed by atoms with Gasteiger partial charge < -0.3 is 10.3 Å². The summed E-state index contributed by atoms with van der Waals surface area (Å²) in [5.41, 5.74) is 2.86. The van der Waals surface area contributed by atoms with Crippen LogP contribution in [0.5, 0.6) is 0 Å². The lowest BCUT2D eigenvalue weighted by Gasteiger charge is -2.13. The molecule has 1 aromatic rings. The molecule has 0 amide bonds. The van der Waals surface area contributed by atoms with Gasteiger partial charge in [0.15, 0.2) is 0 Å². The average Bonchev–Trinajstić information content (AvgIpc) is 2.10. The van der Waals surface area contributed by atoms with Crippen LogP contribution in [-0.2, 0) is 0 Å². The van der Waals surface area contributed by atoms with Gasteiger partial charge in [0.2, 0.25) is 0 Å².